The van der Waals surface area contributed by atoms with Crippen LogP contribution in [0.15, 0.2) is 18.2 Å². The standard InChI is InChI=1S/C18H24N4O3/c1-11(19)8-21(2)9-12-3-4-14-13(7-12)10-22(18(14)25)15-5-6-16(23)20-17(15)24/h3-4,7,11,15H,5-6,8-10,19H2,1-2H3,(H,20,23,24)/t11-,15?/m0/s1. The third-order valence-corrected chi connectivity index (χ3v) is 4.64. The number of carbonyl (C=O) groups excluding carboxylic acids is 3. The van der Waals surface area contributed by atoms with Crippen LogP contribution < -0.4 is 11.1 Å². The first-order valence-electron chi connectivity index (χ1n) is 8.55. The SMILES string of the molecule is C[C@H](N)CN(C)Cc1ccc2c(c1)CN(C1CCC(=O)NC1=O)C2=O. The van der Waals surface area contributed by atoms with Crippen LogP contribution in [-0.4, -0.2) is 53.2 Å². The Labute approximate surface area is 147 Å². The summed E-state index contributed by atoms with van der Waals surface area (Å²) in [5.41, 5.74) is 8.51. The van der Waals surface area contributed by atoms with Crippen LogP contribution in [0.5, 0.6) is 0 Å². The van der Waals surface area contributed by atoms with Crippen molar-refractivity contribution in [2.24, 2.45) is 5.73 Å². The minimum absolute atomic E-state index is 0.101. The molecule has 1 aromatic carbocycles. The van der Waals surface area contributed by atoms with Crippen molar-refractivity contribution >= 4 is 17.7 Å². The second-order valence-corrected chi connectivity index (χ2v) is 7.07. The van der Waals surface area contributed by atoms with Gasteiger partial charge in [0.2, 0.25) is 11.8 Å². The lowest BCUT2D eigenvalue weighted by Crippen LogP contribution is -2.52. The number of hydrogen-bond acceptors (Lipinski definition) is 5. The zero-order valence-corrected chi connectivity index (χ0v) is 14.6. The Balaban J connectivity index is 1.73. The van der Waals surface area contributed by atoms with Crippen LogP contribution in [0, 0.1) is 0 Å². The highest BCUT2D eigenvalue weighted by Gasteiger charge is 2.39. The Morgan fingerprint density at radius 1 is 1.36 bits per heavy atom. The van der Waals surface area contributed by atoms with E-state index < -0.39 is 6.04 Å². The Hall–Kier alpha value is -2.25. The third-order valence-electron chi connectivity index (χ3n) is 4.64. The molecule has 0 saturated carbocycles. The zero-order valence-electron chi connectivity index (χ0n) is 14.6. The molecule has 0 aliphatic carbocycles. The van der Waals surface area contributed by atoms with Crippen molar-refractivity contribution in [3.05, 3.63) is 34.9 Å². The number of carbonyl (C=O) groups is 3. The van der Waals surface area contributed by atoms with Crippen LogP contribution >= 0.6 is 0 Å². The van der Waals surface area contributed by atoms with Gasteiger partial charge in [0.05, 0.1) is 0 Å². The van der Waals surface area contributed by atoms with E-state index in [0.717, 1.165) is 24.2 Å². The van der Waals surface area contributed by atoms with Gasteiger partial charge in [0.15, 0.2) is 0 Å². The number of nitrogens with one attached hydrogen (secondary N) is 1. The third kappa shape index (κ3) is 3.72. The second-order valence-electron chi connectivity index (χ2n) is 7.07. The predicted octanol–water partition coefficient (Wildman–Crippen LogP) is 0.227. The molecule has 2 heterocycles. The van der Waals surface area contributed by atoms with Crippen LogP contribution in [0.3, 0.4) is 0 Å². The summed E-state index contributed by atoms with van der Waals surface area (Å²) in [6.45, 7) is 3.92. The summed E-state index contributed by atoms with van der Waals surface area (Å²) in [5, 5.41) is 2.32. The van der Waals surface area contributed by atoms with Crippen molar-refractivity contribution in [2.45, 2.75) is 44.9 Å². The van der Waals surface area contributed by atoms with Gasteiger partial charge in [-0.3, -0.25) is 19.7 Å². The van der Waals surface area contributed by atoms with Crippen LogP contribution in [0.2, 0.25) is 0 Å². The molecule has 1 fully saturated rings. The van der Waals surface area contributed by atoms with Gasteiger partial charge in [-0.1, -0.05) is 12.1 Å². The number of hydrogen-bond donors (Lipinski definition) is 2. The van der Waals surface area contributed by atoms with Gasteiger partial charge >= 0.3 is 0 Å². The van der Waals surface area contributed by atoms with Crippen molar-refractivity contribution in [2.75, 3.05) is 13.6 Å². The highest BCUT2D eigenvalue weighted by Crippen LogP contribution is 2.28. The summed E-state index contributed by atoms with van der Waals surface area (Å²) in [4.78, 5) is 39.7. The maximum atomic E-state index is 12.6. The summed E-state index contributed by atoms with van der Waals surface area (Å²) in [5.74, 6) is -0.792. The molecule has 0 radical (unpaired) electrons. The minimum Gasteiger partial charge on any atom is -0.327 e. The van der Waals surface area contributed by atoms with E-state index in [9.17, 15) is 14.4 Å². The van der Waals surface area contributed by atoms with E-state index in [-0.39, 0.29) is 30.2 Å². The smallest absolute Gasteiger partial charge is 0.255 e. The van der Waals surface area contributed by atoms with Gasteiger partial charge < -0.3 is 15.5 Å². The highest BCUT2D eigenvalue weighted by molar-refractivity contribution is 6.05. The van der Waals surface area contributed by atoms with Crippen LogP contribution in [0.4, 0.5) is 0 Å². The minimum atomic E-state index is -0.568. The lowest BCUT2D eigenvalue weighted by molar-refractivity contribution is -0.136. The predicted molar refractivity (Wildman–Crippen MR) is 92.5 cm³/mol. The number of rotatable bonds is 5. The number of imide groups is 1. The van der Waals surface area contributed by atoms with Gasteiger partial charge in [0.25, 0.3) is 5.91 Å². The van der Waals surface area contributed by atoms with Crippen LogP contribution in [-0.2, 0) is 22.7 Å². The Morgan fingerprint density at radius 3 is 2.80 bits per heavy atom. The lowest BCUT2D eigenvalue weighted by Gasteiger charge is -2.29. The molecule has 1 saturated heterocycles. The summed E-state index contributed by atoms with van der Waals surface area (Å²) in [6, 6.07) is 5.34. The van der Waals surface area contributed by atoms with Gasteiger partial charge in [0.1, 0.15) is 6.04 Å². The molecule has 0 aromatic heterocycles. The number of nitrogens with zero attached hydrogens (tertiary/aromatic N) is 2. The van der Waals surface area contributed by atoms with Gasteiger partial charge in [-0.2, -0.15) is 0 Å². The van der Waals surface area contributed by atoms with E-state index in [4.69, 9.17) is 5.73 Å². The van der Waals surface area contributed by atoms with Crippen molar-refractivity contribution < 1.29 is 14.4 Å². The second kappa shape index (κ2) is 6.93. The summed E-state index contributed by atoms with van der Waals surface area (Å²) in [6.07, 6.45) is 0.651. The van der Waals surface area contributed by atoms with Crippen molar-refractivity contribution in [1.82, 2.24) is 15.1 Å². The molecular weight excluding hydrogens is 320 g/mol. The molecule has 3 amide bonds. The molecule has 2 aliphatic rings. The summed E-state index contributed by atoms with van der Waals surface area (Å²) >= 11 is 0. The number of benzene rings is 1. The molecule has 1 aromatic rings. The first-order chi connectivity index (χ1) is 11.8. The Morgan fingerprint density at radius 2 is 2.12 bits per heavy atom. The summed E-state index contributed by atoms with van der Waals surface area (Å²) in [7, 11) is 2.01. The highest BCUT2D eigenvalue weighted by atomic mass is 16.2. The molecule has 2 atom stereocenters. The van der Waals surface area contributed by atoms with Gasteiger partial charge in [-0.25, -0.2) is 0 Å². The normalized spacial score (nSPS) is 21.5. The van der Waals surface area contributed by atoms with E-state index in [1.807, 2.05) is 32.2 Å². The fourth-order valence-electron chi connectivity index (χ4n) is 3.59. The maximum Gasteiger partial charge on any atom is 0.255 e. The van der Waals surface area contributed by atoms with Gasteiger partial charge in [-0.15, -0.1) is 0 Å². The molecule has 3 N–H and O–H groups in total. The average Bonchev–Trinajstić information content (AvgIpc) is 2.83. The number of likely N-dealkylation sites (N-methyl/N-ethyl adjacent to an activating group) is 1. The molecule has 134 valence electrons. The monoisotopic (exact) mass is 344 g/mol. The molecule has 3 rings (SSSR count). The molecule has 0 bridgehead atoms. The number of piperidine rings is 1. The molecule has 1 unspecified atom stereocenters. The maximum absolute atomic E-state index is 12.6. The fourth-order valence-corrected chi connectivity index (χ4v) is 3.59. The van der Waals surface area contributed by atoms with E-state index in [2.05, 4.69) is 10.2 Å². The van der Waals surface area contributed by atoms with E-state index >= 15 is 0 Å². The average molecular weight is 344 g/mol. The van der Waals surface area contributed by atoms with Gasteiger partial charge in [0, 0.05) is 37.7 Å². The van der Waals surface area contributed by atoms with Crippen LogP contribution in [0.1, 0.15) is 41.3 Å². The van der Waals surface area contributed by atoms with Crippen molar-refractivity contribution in [3.8, 4) is 0 Å². The Bertz CT molecular complexity index is 716. The zero-order chi connectivity index (χ0) is 18.1. The molecule has 7 heteroatoms. The van der Waals surface area contributed by atoms with Crippen molar-refractivity contribution in [1.29, 1.82) is 0 Å². The first kappa shape index (κ1) is 17.6. The number of nitrogens with two attached hydrogens (primary N) is 1. The topological polar surface area (TPSA) is 95.7 Å². The van der Waals surface area contributed by atoms with Crippen LogP contribution in [0.25, 0.3) is 0 Å². The Kier molecular flexibility index (Phi) is 4.87. The first-order valence-corrected chi connectivity index (χ1v) is 8.55. The summed E-state index contributed by atoms with van der Waals surface area (Å²) < 4.78 is 0. The van der Waals surface area contributed by atoms with Crippen molar-refractivity contribution in [3.63, 3.8) is 0 Å². The van der Waals surface area contributed by atoms with E-state index in [1.165, 1.54) is 0 Å². The largest absolute Gasteiger partial charge is 0.327 e. The molecule has 0 spiro atoms. The fraction of sp³-hybridized carbons (Fsp3) is 0.500. The number of fused-ring (bicyclic) bond motifs is 1. The molecule has 2 aliphatic heterocycles. The molecule has 7 nitrogen and oxygen atoms in total. The van der Waals surface area contributed by atoms with Gasteiger partial charge in [-0.05, 0) is 37.6 Å². The number of amides is 3. The lowest BCUT2D eigenvalue weighted by atomic mass is 10.0. The quantitative estimate of drug-likeness (QED) is 0.746. The van der Waals surface area contributed by atoms with E-state index in [1.54, 1.807) is 4.90 Å². The molecular formula is C18H24N4O3. The van der Waals surface area contributed by atoms with E-state index in [0.29, 0.717) is 18.5 Å². The molecule has 25 heavy (non-hydrogen) atoms.